The molecule has 4 saturated carbocycles. The summed E-state index contributed by atoms with van der Waals surface area (Å²) in [7, 11) is 11.9. The quantitative estimate of drug-likeness (QED) is 0.0320. The van der Waals surface area contributed by atoms with Crippen LogP contribution < -0.4 is 61.6 Å². The largest absolute Gasteiger partial charge is 0.497 e. The SMILES string of the molecule is COC(=O)[C@H]1[C@@H](O)[C@@]2(O)c3c(OC)cc(CO)cc3O[C@@]2(c2ccc(OC)cc2)[C@@H]1c1ccccc1.COc1cc(CO)cc2c1[C@]1(O)[C@H](O)CC(c3ccccc3)[C@]1(c1ccc(Br)cc1)O2.COc1cc(OC)c2c(c1)O[C@@]1(c3ccc4c(c3)OCO4)[C@H](c3ccccc3)CC(=O)[C@@]21O.COc1ccc([C@@]23Oc4cc(CO)cc(OC)c4[C@]2(O)[C@H](OC(C)=O)[C@H](C)[C@H]3c2ccccc2)cc1. The first-order valence-corrected chi connectivity index (χ1v) is 45.1. The topological polar surface area (TPSA) is 372 Å². The molecule has 1 unspecified atom stereocenters. The van der Waals surface area contributed by atoms with Gasteiger partial charge in [-0.3, -0.25) is 14.4 Å². The Morgan fingerprint density at radius 1 is 0.404 bits per heavy atom. The maximum Gasteiger partial charge on any atom is 0.312 e. The number of rotatable bonds is 20. The highest BCUT2D eigenvalue weighted by Gasteiger charge is 2.81. The maximum atomic E-state index is 13.7. The van der Waals surface area contributed by atoms with Crippen LogP contribution in [0.1, 0.15) is 134 Å². The molecule has 12 aromatic carbocycles. The fourth-order valence-electron chi connectivity index (χ4n) is 23.0. The lowest BCUT2D eigenvalue weighted by Gasteiger charge is -2.41. The minimum Gasteiger partial charge on any atom is -0.497 e. The molecule has 9 N–H and O–H groups in total. The third-order valence-electron chi connectivity index (χ3n) is 28.6. The molecule has 9 aliphatic rings. The van der Waals surface area contributed by atoms with Crippen LogP contribution in [0, 0.1) is 11.8 Å². The third-order valence-corrected chi connectivity index (χ3v) is 29.2. The minimum absolute atomic E-state index is 0.101. The van der Waals surface area contributed by atoms with Crippen molar-refractivity contribution in [3.63, 3.8) is 0 Å². The van der Waals surface area contributed by atoms with E-state index in [1.165, 1.54) is 49.6 Å². The summed E-state index contributed by atoms with van der Waals surface area (Å²) in [6.07, 6.45) is -3.23. The van der Waals surface area contributed by atoms with Gasteiger partial charge in [-0.2, -0.15) is 0 Å². The van der Waals surface area contributed by atoms with Gasteiger partial charge in [-0.1, -0.05) is 187 Å². The van der Waals surface area contributed by atoms with E-state index in [1.54, 1.807) is 99.1 Å². The number of fused-ring (bicyclic) bond motifs is 13. The molecule has 0 bridgehead atoms. The zero-order chi connectivity index (χ0) is 95.9. The Balaban J connectivity index is 0.000000121. The molecule has 0 radical (unpaired) electrons. The van der Waals surface area contributed by atoms with E-state index in [4.69, 9.17) is 71.1 Å². The molecule has 0 saturated heterocycles. The highest BCUT2D eigenvalue weighted by atomic mass is 79.9. The summed E-state index contributed by atoms with van der Waals surface area (Å²) in [5.74, 6) is 0.528. The van der Waals surface area contributed by atoms with E-state index in [-0.39, 0.29) is 67.7 Å². The highest BCUT2D eigenvalue weighted by molar-refractivity contribution is 9.10. The second kappa shape index (κ2) is 36.1. The fourth-order valence-corrected chi connectivity index (χ4v) is 23.3. The third kappa shape index (κ3) is 13.8. The van der Waals surface area contributed by atoms with E-state index in [9.17, 15) is 60.3 Å². The summed E-state index contributed by atoms with van der Waals surface area (Å²) < 4.78 is 88.5. The number of halogens is 1. The Bertz CT molecular complexity index is 6500. The fraction of sp³-hybridized carbons (Fsp3) is 0.306. The van der Waals surface area contributed by atoms with Gasteiger partial charge in [0, 0.05) is 65.1 Å². The molecule has 0 spiro atoms. The number of Topliss-reactive ketones (excluding diaryl/α,β-unsaturated/α-hetero) is 1. The maximum absolute atomic E-state index is 13.7. The molecular formula is C108H103BrO27. The molecule has 17 atom stereocenters. The predicted octanol–water partition coefficient (Wildman–Crippen LogP) is 14.3. The van der Waals surface area contributed by atoms with Crippen molar-refractivity contribution < 1.29 is 131 Å². The Morgan fingerprint density at radius 2 is 0.809 bits per heavy atom. The second-order valence-electron chi connectivity index (χ2n) is 35.0. The second-order valence-corrected chi connectivity index (χ2v) is 36.0. The number of hydrogen-bond donors (Lipinski definition) is 9. The van der Waals surface area contributed by atoms with Gasteiger partial charge in [0.05, 0.1) is 111 Å². The van der Waals surface area contributed by atoms with Gasteiger partial charge in [-0.25, -0.2) is 0 Å². The molecule has 704 valence electrons. The first kappa shape index (κ1) is 93.2. The number of benzene rings is 12. The number of ether oxygens (including phenoxy) is 15. The number of esters is 2. The van der Waals surface area contributed by atoms with Crippen molar-refractivity contribution >= 4 is 33.7 Å². The summed E-state index contributed by atoms with van der Waals surface area (Å²) in [6, 6.07) is 79.0. The molecule has 0 amide bonds. The van der Waals surface area contributed by atoms with Crippen LogP contribution in [0.3, 0.4) is 0 Å². The van der Waals surface area contributed by atoms with Gasteiger partial charge in [-0.15, -0.1) is 0 Å². The lowest BCUT2D eigenvalue weighted by atomic mass is 9.70. The molecule has 136 heavy (non-hydrogen) atoms. The highest BCUT2D eigenvalue weighted by Crippen LogP contribution is 2.75. The van der Waals surface area contributed by atoms with Crippen LogP contribution in [0.5, 0.6) is 74.7 Å². The number of carbonyl (C=O) groups is 3. The van der Waals surface area contributed by atoms with E-state index in [0.717, 1.165) is 26.7 Å². The van der Waals surface area contributed by atoms with Crippen molar-refractivity contribution in [1.82, 2.24) is 0 Å². The van der Waals surface area contributed by atoms with Gasteiger partial charge in [0.15, 0.2) is 62.1 Å². The van der Waals surface area contributed by atoms with Crippen molar-refractivity contribution in [3.8, 4) is 74.7 Å². The van der Waals surface area contributed by atoms with E-state index < -0.39 is 98.7 Å². The molecule has 4 aliphatic carbocycles. The monoisotopic (exact) mass is 1910 g/mol. The number of methoxy groups -OCH3 is 8. The van der Waals surface area contributed by atoms with Gasteiger partial charge in [0.1, 0.15) is 75.5 Å². The molecule has 5 aliphatic heterocycles. The van der Waals surface area contributed by atoms with Gasteiger partial charge >= 0.3 is 11.9 Å². The normalized spacial score (nSPS) is 27.9. The molecule has 27 nitrogen and oxygen atoms in total. The number of aliphatic hydroxyl groups is 9. The predicted molar refractivity (Wildman–Crippen MR) is 497 cm³/mol. The van der Waals surface area contributed by atoms with E-state index >= 15 is 0 Å². The van der Waals surface area contributed by atoms with E-state index in [1.807, 2.05) is 183 Å². The number of hydrogen-bond acceptors (Lipinski definition) is 27. The average Bonchev–Trinajstić information content (AvgIpc) is 1.47. The Hall–Kier alpha value is -13.2. The number of aliphatic hydroxyl groups excluding tert-OH is 5. The molecule has 12 aromatic rings. The van der Waals surface area contributed by atoms with E-state index in [2.05, 4.69) is 15.9 Å². The van der Waals surface area contributed by atoms with Crippen LogP contribution in [-0.2, 0) is 88.5 Å². The van der Waals surface area contributed by atoms with Crippen molar-refractivity contribution in [1.29, 1.82) is 0 Å². The Kier molecular flexibility index (Phi) is 24.7. The first-order valence-electron chi connectivity index (χ1n) is 44.3. The summed E-state index contributed by atoms with van der Waals surface area (Å²) in [4.78, 5) is 39.2. The lowest BCUT2D eigenvalue weighted by Crippen LogP contribution is -2.53. The molecule has 0 aromatic heterocycles. The average molecular weight is 1910 g/mol. The van der Waals surface area contributed by atoms with Crippen LogP contribution >= 0.6 is 15.9 Å². The zero-order valence-corrected chi connectivity index (χ0v) is 77.6. The Morgan fingerprint density at radius 3 is 1.28 bits per heavy atom. The van der Waals surface area contributed by atoms with Crippen LogP contribution in [0.4, 0.5) is 0 Å². The smallest absolute Gasteiger partial charge is 0.312 e. The van der Waals surface area contributed by atoms with Crippen molar-refractivity contribution in [2.45, 2.75) is 133 Å². The Labute approximate surface area is 792 Å². The van der Waals surface area contributed by atoms with Crippen molar-refractivity contribution in [2.75, 3.05) is 63.7 Å². The lowest BCUT2D eigenvalue weighted by molar-refractivity contribution is -0.182. The molecule has 4 fully saturated rings. The van der Waals surface area contributed by atoms with Crippen LogP contribution in [0.15, 0.2) is 265 Å². The molecule has 5 heterocycles. The standard InChI is InChI=1S/C29H30O7.C28H28O8.C26H22O7.C25H23BrO5/c1-17-25(20-8-6-5-7-9-20)29(21-10-12-22(33-3)13-11-21)28(32,27(17)35-18(2)31)26-23(34-4)14-19(16-30)15-24(26)36-29;1-33-19-11-9-18(10-12-19)28-23(17-7-5-4-6-8-17)22(26(31)35-3)25(30)27(28,32)24-20(34-2)13-16(15-29)14-21(24)36-28;1-29-17-11-21(30-2)24-22(12-17)33-26(16-8-9-19-20(10-16)32-14-31-19)18(13-23(27)25(24,26)28)15-6-4-3-5-7-15;1-30-20-11-15(14-27)12-21-23(20)24(29)22(28)13-19(16-5-3-2-4-6-16)25(24,31-21)17-7-9-18(26)10-8-17/h5-15,17,25,27,30,32H,16H2,1-4H3;4-14,22-23,25,29-30,32H,15H2,1-3H3;3-12,18,28H,13-14H2,1-2H3;2-12,19,22,27-29H,13-14H2,1H3/t17-,25+,27-,28+,29+;22-,23-,25-,27+,28+;18-,25+,26-;19?,22-,24-,25+/m1101/s1. The first-order chi connectivity index (χ1) is 65.6. The van der Waals surface area contributed by atoms with Gasteiger partial charge < -0.3 is 117 Å². The molecule has 21 rings (SSSR count). The van der Waals surface area contributed by atoms with Crippen molar-refractivity contribution in [2.24, 2.45) is 11.8 Å². The van der Waals surface area contributed by atoms with Gasteiger partial charge in [0.2, 0.25) is 6.79 Å². The van der Waals surface area contributed by atoms with Gasteiger partial charge in [0.25, 0.3) is 0 Å². The molecule has 28 heteroatoms. The van der Waals surface area contributed by atoms with Crippen LogP contribution in [-0.4, -0.2) is 146 Å². The number of ketones is 1. The van der Waals surface area contributed by atoms with E-state index in [0.29, 0.717) is 125 Å². The summed E-state index contributed by atoms with van der Waals surface area (Å²) in [5, 5.41) is 103. The van der Waals surface area contributed by atoms with Crippen LogP contribution in [0.25, 0.3) is 0 Å². The van der Waals surface area contributed by atoms with Gasteiger partial charge in [-0.05, 0) is 147 Å². The summed E-state index contributed by atoms with van der Waals surface area (Å²) >= 11 is 3.48. The molecular weight excluding hydrogens is 1810 g/mol. The summed E-state index contributed by atoms with van der Waals surface area (Å²) in [5.41, 5.74) is -4.28. The van der Waals surface area contributed by atoms with Crippen molar-refractivity contribution in [3.05, 3.63) is 349 Å². The van der Waals surface area contributed by atoms with Crippen LogP contribution in [0.2, 0.25) is 0 Å². The minimum atomic E-state index is -2.12. The summed E-state index contributed by atoms with van der Waals surface area (Å²) in [6.45, 7) is 2.71. The zero-order valence-electron chi connectivity index (χ0n) is 76.0. The number of carbonyl (C=O) groups excluding carboxylic acids is 3.